The van der Waals surface area contributed by atoms with Crippen molar-refractivity contribution in [3.63, 3.8) is 0 Å². The summed E-state index contributed by atoms with van der Waals surface area (Å²) in [6, 6.07) is 16.5. The van der Waals surface area contributed by atoms with E-state index in [2.05, 4.69) is 0 Å². The van der Waals surface area contributed by atoms with E-state index in [1.165, 1.54) is 11.3 Å². The Balaban J connectivity index is 1.75. The number of benzene rings is 2. The third-order valence-electron chi connectivity index (χ3n) is 4.55. The van der Waals surface area contributed by atoms with E-state index in [1.54, 1.807) is 18.2 Å². The highest BCUT2D eigenvalue weighted by atomic mass is 32.1. The van der Waals surface area contributed by atoms with Crippen molar-refractivity contribution in [2.75, 3.05) is 0 Å². The van der Waals surface area contributed by atoms with Crippen LogP contribution in [-0.2, 0) is 6.42 Å². The first-order chi connectivity index (χ1) is 11.1. The summed E-state index contributed by atoms with van der Waals surface area (Å²) in [5.41, 5.74) is -1.01. The minimum atomic E-state index is -2.25. The van der Waals surface area contributed by atoms with Gasteiger partial charge < -0.3 is 5.11 Å². The fraction of sp³-hybridized carbons (Fsp3) is 0.211. The van der Waals surface area contributed by atoms with E-state index in [0.717, 1.165) is 15.6 Å². The van der Waals surface area contributed by atoms with Gasteiger partial charge in [0.25, 0.3) is 0 Å². The molecule has 116 valence electrons. The van der Waals surface area contributed by atoms with E-state index in [0.29, 0.717) is 16.9 Å². The number of fused-ring (bicyclic) bond motifs is 2. The van der Waals surface area contributed by atoms with Gasteiger partial charge in [-0.25, -0.2) is 4.39 Å². The van der Waals surface area contributed by atoms with Crippen molar-refractivity contribution in [3.8, 4) is 0 Å². The number of hydrogen-bond donors (Lipinski definition) is 1. The fourth-order valence-electron chi connectivity index (χ4n) is 3.24. The van der Waals surface area contributed by atoms with Crippen molar-refractivity contribution in [1.29, 1.82) is 0 Å². The average Bonchev–Trinajstić information content (AvgIpc) is 3.02. The van der Waals surface area contributed by atoms with Crippen LogP contribution in [0.1, 0.15) is 33.3 Å². The molecule has 0 unspecified atom stereocenters. The second kappa shape index (κ2) is 5.25. The molecular formula is C19H15FO2S. The summed E-state index contributed by atoms with van der Waals surface area (Å²) in [6.45, 7) is 0. The maximum absolute atomic E-state index is 15.5. The van der Waals surface area contributed by atoms with Crippen molar-refractivity contribution in [2.45, 2.75) is 24.6 Å². The molecule has 0 saturated heterocycles. The lowest BCUT2D eigenvalue weighted by Gasteiger charge is -2.33. The van der Waals surface area contributed by atoms with Crippen LogP contribution in [0, 0.1) is 0 Å². The summed E-state index contributed by atoms with van der Waals surface area (Å²) in [6.07, 6.45) is -0.959. The van der Waals surface area contributed by atoms with Crippen molar-refractivity contribution in [1.82, 2.24) is 0 Å². The maximum Gasteiger partial charge on any atom is 0.204 e. The highest BCUT2D eigenvalue weighted by Gasteiger charge is 2.49. The summed E-state index contributed by atoms with van der Waals surface area (Å²) >= 11 is 1.34. The Bertz CT molecular complexity index is 868. The predicted molar refractivity (Wildman–Crippen MR) is 89.7 cm³/mol. The molecule has 0 radical (unpaired) electrons. The summed E-state index contributed by atoms with van der Waals surface area (Å²) < 4.78 is 16.4. The Labute approximate surface area is 137 Å². The zero-order valence-electron chi connectivity index (χ0n) is 12.3. The lowest BCUT2D eigenvalue weighted by atomic mass is 9.77. The maximum atomic E-state index is 15.5. The van der Waals surface area contributed by atoms with Crippen LogP contribution in [0.3, 0.4) is 0 Å². The van der Waals surface area contributed by atoms with Gasteiger partial charge in [0, 0.05) is 15.1 Å². The van der Waals surface area contributed by atoms with Crippen LogP contribution in [0.25, 0.3) is 10.1 Å². The van der Waals surface area contributed by atoms with Gasteiger partial charge in [0.05, 0.1) is 0 Å². The molecule has 1 aliphatic rings. The molecule has 1 aromatic heterocycles. The van der Waals surface area contributed by atoms with E-state index in [9.17, 15) is 9.90 Å². The van der Waals surface area contributed by atoms with E-state index in [-0.39, 0.29) is 6.42 Å². The Morgan fingerprint density at radius 2 is 1.87 bits per heavy atom. The summed E-state index contributed by atoms with van der Waals surface area (Å²) in [7, 11) is 0. The standard InChI is InChI=1S/C19H15FO2S/c20-19(10-9-12-5-1-3-7-14(12)17(19)21)18(22)16-11-13-6-2-4-8-15(13)23-16/h1-8,11,18,22H,9-10H2/t18-,19+/m1/s1. The summed E-state index contributed by atoms with van der Waals surface area (Å²) in [4.78, 5) is 13.1. The first kappa shape index (κ1) is 14.5. The van der Waals surface area contributed by atoms with E-state index >= 15 is 4.39 Å². The van der Waals surface area contributed by atoms with Crippen LogP contribution in [-0.4, -0.2) is 16.6 Å². The van der Waals surface area contributed by atoms with E-state index in [4.69, 9.17) is 0 Å². The molecule has 1 heterocycles. The summed E-state index contributed by atoms with van der Waals surface area (Å²) in [5.74, 6) is -0.607. The molecule has 0 amide bonds. The molecule has 23 heavy (non-hydrogen) atoms. The number of hydrogen-bond acceptors (Lipinski definition) is 3. The smallest absolute Gasteiger partial charge is 0.204 e. The normalized spacial score (nSPS) is 22.1. The SMILES string of the molecule is O=C1c2ccccc2CC[C@@]1(F)[C@H](O)c1cc2ccccc2s1. The molecule has 2 aromatic carbocycles. The molecule has 1 aliphatic carbocycles. The van der Waals surface area contributed by atoms with Crippen LogP contribution < -0.4 is 0 Å². The molecule has 0 fully saturated rings. The van der Waals surface area contributed by atoms with Gasteiger partial charge in [0.2, 0.25) is 11.5 Å². The molecule has 4 rings (SSSR count). The number of rotatable bonds is 2. The van der Waals surface area contributed by atoms with Crippen LogP contribution in [0.4, 0.5) is 4.39 Å². The number of alkyl halides is 1. The molecule has 2 nitrogen and oxygen atoms in total. The topological polar surface area (TPSA) is 37.3 Å². The quantitative estimate of drug-likeness (QED) is 0.754. The fourth-order valence-corrected chi connectivity index (χ4v) is 4.37. The van der Waals surface area contributed by atoms with Gasteiger partial charge >= 0.3 is 0 Å². The van der Waals surface area contributed by atoms with Crippen LogP contribution in [0.2, 0.25) is 0 Å². The van der Waals surface area contributed by atoms with E-state index in [1.807, 2.05) is 36.4 Å². The number of aliphatic hydroxyl groups excluding tert-OH is 1. The Kier molecular flexibility index (Phi) is 3.32. The number of aryl methyl sites for hydroxylation is 1. The van der Waals surface area contributed by atoms with Gasteiger partial charge in [-0.05, 0) is 35.9 Å². The van der Waals surface area contributed by atoms with Gasteiger partial charge in [0.1, 0.15) is 6.10 Å². The Morgan fingerprint density at radius 3 is 2.70 bits per heavy atom. The molecule has 3 aromatic rings. The highest BCUT2D eigenvalue weighted by Crippen LogP contribution is 2.43. The van der Waals surface area contributed by atoms with Crippen LogP contribution in [0.15, 0.2) is 54.6 Å². The number of ketones is 1. The van der Waals surface area contributed by atoms with Gasteiger partial charge in [-0.15, -0.1) is 11.3 Å². The number of thiophene rings is 1. The minimum Gasteiger partial charge on any atom is -0.384 e. The molecular weight excluding hydrogens is 311 g/mol. The van der Waals surface area contributed by atoms with Crippen molar-refractivity contribution >= 4 is 27.2 Å². The molecule has 4 heteroatoms. The van der Waals surface area contributed by atoms with Gasteiger partial charge in [-0.2, -0.15) is 0 Å². The van der Waals surface area contributed by atoms with Gasteiger partial charge in [-0.1, -0.05) is 42.5 Å². The number of halogens is 1. The second-order valence-corrected chi connectivity index (χ2v) is 7.05. The first-order valence-corrected chi connectivity index (χ1v) is 8.39. The van der Waals surface area contributed by atoms with Crippen molar-refractivity contribution in [3.05, 3.63) is 70.6 Å². The predicted octanol–water partition coefficient (Wildman–Crippen LogP) is 4.47. The van der Waals surface area contributed by atoms with Crippen molar-refractivity contribution in [2.24, 2.45) is 0 Å². The molecule has 1 N–H and O–H groups in total. The minimum absolute atomic E-state index is 0.0122. The number of carbonyl (C=O) groups excluding carboxylic acids is 1. The van der Waals surface area contributed by atoms with Gasteiger partial charge in [-0.3, -0.25) is 4.79 Å². The first-order valence-electron chi connectivity index (χ1n) is 7.58. The molecule has 2 atom stereocenters. The number of carbonyl (C=O) groups is 1. The molecule has 0 bridgehead atoms. The zero-order chi connectivity index (χ0) is 16.0. The lowest BCUT2D eigenvalue weighted by molar-refractivity contribution is -0.00505. The van der Waals surface area contributed by atoms with Crippen LogP contribution in [0.5, 0.6) is 0 Å². The summed E-state index contributed by atoms with van der Waals surface area (Å²) in [5, 5.41) is 11.6. The Morgan fingerprint density at radius 1 is 1.13 bits per heavy atom. The third kappa shape index (κ3) is 2.21. The average molecular weight is 326 g/mol. The molecule has 0 aliphatic heterocycles. The monoisotopic (exact) mass is 326 g/mol. The van der Waals surface area contributed by atoms with Crippen LogP contribution >= 0.6 is 11.3 Å². The van der Waals surface area contributed by atoms with Gasteiger partial charge in [0.15, 0.2) is 0 Å². The van der Waals surface area contributed by atoms with E-state index < -0.39 is 17.6 Å². The molecule has 0 spiro atoms. The number of aliphatic hydroxyl groups is 1. The highest BCUT2D eigenvalue weighted by molar-refractivity contribution is 7.19. The van der Waals surface area contributed by atoms with Crippen molar-refractivity contribution < 1.29 is 14.3 Å². The Hall–Kier alpha value is -2.04. The third-order valence-corrected chi connectivity index (χ3v) is 5.71. The zero-order valence-corrected chi connectivity index (χ0v) is 13.1. The number of Topliss-reactive ketones (excluding diaryl/α,β-unsaturated/α-hetero) is 1. The largest absolute Gasteiger partial charge is 0.384 e. The second-order valence-electron chi connectivity index (χ2n) is 5.94. The lowest BCUT2D eigenvalue weighted by Crippen LogP contribution is -2.43. The molecule has 0 saturated carbocycles.